The van der Waals surface area contributed by atoms with E-state index < -0.39 is 5.92 Å². The fraction of sp³-hybridized carbons (Fsp3) is 0.333. The lowest BCUT2D eigenvalue weighted by molar-refractivity contribution is -0.120. The highest BCUT2D eigenvalue weighted by Crippen LogP contribution is 2.20. The highest BCUT2D eigenvalue weighted by Gasteiger charge is 2.18. The first kappa shape index (κ1) is 12.1. The van der Waals surface area contributed by atoms with Crippen LogP contribution in [0.4, 0.5) is 5.69 Å². The van der Waals surface area contributed by atoms with Gasteiger partial charge in [-0.3, -0.25) is 4.79 Å². The second-order valence-corrected chi connectivity index (χ2v) is 3.45. The van der Waals surface area contributed by atoms with E-state index in [0.29, 0.717) is 11.4 Å². The van der Waals surface area contributed by atoms with Gasteiger partial charge in [0, 0.05) is 18.8 Å². The average molecular weight is 218 g/mol. The number of rotatable bonds is 3. The molecule has 0 aromatic heterocycles. The van der Waals surface area contributed by atoms with Gasteiger partial charge in [0.1, 0.15) is 11.7 Å². The summed E-state index contributed by atoms with van der Waals surface area (Å²) in [7, 11) is 3.21. The lowest BCUT2D eigenvalue weighted by Crippen LogP contribution is -2.30. The third kappa shape index (κ3) is 2.51. The Morgan fingerprint density at radius 2 is 2.25 bits per heavy atom. The second kappa shape index (κ2) is 5.17. The Morgan fingerprint density at radius 1 is 1.56 bits per heavy atom. The van der Waals surface area contributed by atoms with Crippen LogP contribution in [0.1, 0.15) is 6.92 Å². The smallest absolute Gasteiger partial charge is 0.243 e. The van der Waals surface area contributed by atoms with Crippen molar-refractivity contribution in [3.8, 4) is 11.8 Å². The Labute approximate surface area is 95.0 Å². The van der Waals surface area contributed by atoms with Gasteiger partial charge in [-0.05, 0) is 19.1 Å². The van der Waals surface area contributed by atoms with Crippen molar-refractivity contribution in [2.75, 3.05) is 19.1 Å². The van der Waals surface area contributed by atoms with Gasteiger partial charge in [0.05, 0.1) is 13.2 Å². The summed E-state index contributed by atoms with van der Waals surface area (Å²) < 4.78 is 5.07. The summed E-state index contributed by atoms with van der Waals surface area (Å²) in [6, 6.07) is 9.07. The van der Waals surface area contributed by atoms with Gasteiger partial charge < -0.3 is 9.64 Å². The van der Waals surface area contributed by atoms with E-state index in [1.165, 1.54) is 4.90 Å². The number of nitriles is 1. The minimum Gasteiger partial charge on any atom is -0.497 e. The van der Waals surface area contributed by atoms with Crippen LogP contribution < -0.4 is 9.64 Å². The van der Waals surface area contributed by atoms with Crippen LogP contribution in [0.2, 0.25) is 0 Å². The monoisotopic (exact) mass is 218 g/mol. The Balaban J connectivity index is 2.92. The number of hydrogen-bond acceptors (Lipinski definition) is 3. The predicted molar refractivity (Wildman–Crippen MR) is 61.2 cm³/mol. The molecule has 0 fully saturated rings. The van der Waals surface area contributed by atoms with E-state index in [1.807, 2.05) is 6.07 Å². The van der Waals surface area contributed by atoms with Crippen molar-refractivity contribution >= 4 is 11.6 Å². The molecule has 4 heteroatoms. The van der Waals surface area contributed by atoms with Gasteiger partial charge in [-0.2, -0.15) is 5.26 Å². The summed E-state index contributed by atoms with van der Waals surface area (Å²) in [4.78, 5) is 13.2. The zero-order valence-corrected chi connectivity index (χ0v) is 9.60. The molecule has 84 valence electrons. The molecule has 0 heterocycles. The standard InChI is InChI=1S/C12H14N2O2/c1-9(8-13)12(15)14(2)10-5-4-6-11(7-10)16-3/h4-7,9H,1-3H3. The molecule has 1 rings (SSSR count). The maximum atomic E-state index is 11.7. The van der Waals surface area contributed by atoms with Crippen LogP contribution in [0.5, 0.6) is 5.75 Å². The average Bonchev–Trinajstić information content (AvgIpc) is 2.36. The molecule has 16 heavy (non-hydrogen) atoms. The molecule has 4 nitrogen and oxygen atoms in total. The molecule has 0 aliphatic carbocycles. The highest BCUT2D eigenvalue weighted by molar-refractivity contribution is 5.95. The van der Waals surface area contributed by atoms with E-state index in [1.54, 1.807) is 45.3 Å². The Hall–Kier alpha value is -2.02. The highest BCUT2D eigenvalue weighted by atomic mass is 16.5. The summed E-state index contributed by atoms with van der Waals surface area (Å²) in [5.74, 6) is -0.186. The van der Waals surface area contributed by atoms with E-state index in [9.17, 15) is 4.79 Å². The molecule has 0 radical (unpaired) electrons. The number of methoxy groups -OCH3 is 1. The largest absolute Gasteiger partial charge is 0.497 e. The van der Waals surface area contributed by atoms with Gasteiger partial charge in [0.15, 0.2) is 0 Å². The predicted octanol–water partition coefficient (Wildman–Crippen LogP) is 1.82. The third-order valence-electron chi connectivity index (χ3n) is 2.34. The number of hydrogen-bond donors (Lipinski definition) is 0. The van der Waals surface area contributed by atoms with Gasteiger partial charge in [0.2, 0.25) is 5.91 Å². The molecule has 1 atom stereocenters. The lowest BCUT2D eigenvalue weighted by Gasteiger charge is -2.18. The quantitative estimate of drug-likeness (QED) is 0.777. The Morgan fingerprint density at radius 3 is 2.81 bits per heavy atom. The first-order chi connectivity index (χ1) is 7.60. The maximum Gasteiger partial charge on any atom is 0.243 e. The number of ether oxygens (including phenoxy) is 1. The van der Waals surface area contributed by atoms with Gasteiger partial charge in [0.25, 0.3) is 0 Å². The van der Waals surface area contributed by atoms with E-state index in [-0.39, 0.29) is 5.91 Å². The number of anilines is 1. The fourth-order valence-corrected chi connectivity index (χ4v) is 1.29. The Kier molecular flexibility index (Phi) is 3.90. The van der Waals surface area contributed by atoms with Crippen LogP contribution in [0.3, 0.4) is 0 Å². The van der Waals surface area contributed by atoms with Gasteiger partial charge >= 0.3 is 0 Å². The molecule has 0 spiro atoms. The zero-order chi connectivity index (χ0) is 12.1. The Bertz CT molecular complexity index is 423. The normalized spacial score (nSPS) is 11.4. The van der Waals surface area contributed by atoms with E-state index in [0.717, 1.165) is 0 Å². The van der Waals surface area contributed by atoms with Gasteiger partial charge in [-0.1, -0.05) is 6.07 Å². The molecular weight excluding hydrogens is 204 g/mol. The van der Waals surface area contributed by atoms with Crippen LogP contribution in [0.25, 0.3) is 0 Å². The van der Waals surface area contributed by atoms with Crippen molar-refractivity contribution in [1.82, 2.24) is 0 Å². The van der Waals surface area contributed by atoms with Crippen molar-refractivity contribution in [1.29, 1.82) is 5.26 Å². The van der Waals surface area contributed by atoms with Crippen molar-refractivity contribution in [2.45, 2.75) is 6.92 Å². The molecule has 0 bridgehead atoms. The first-order valence-electron chi connectivity index (χ1n) is 4.91. The SMILES string of the molecule is COc1cccc(N(C)C(=O)C(C)C#N)c1. The van der Waals surface area contributed by atoms with Crippen molar-refractivity contribution in [3.63, 3.8) is 0 Å². The minimum absolute atomic E-state index is 0.226. The number of carbonyl (C=O) groups is 1. The van der Waals surface area contributed by atoms with Crippen LogP contribution in [0, 0.1) is 17.2 Å². The van der Waals surface area contributed by atoms with E-state index in [4.69, 9.17) is 10.00 Å². The van der Waals surface area contributed by atoms with Crippen LogP contribution >= 0.6 is 0 Å². The first-order valence-corrected chi connectivity index (χ1v) is 4.91. The molecule has 1 unspecified atom stereocenters. The second-order valence-electron chi connectivity index (χ2n) is 3.45. The summed E-state index contributed by atoms with van der Waals surface area (Å²) in [6.07, 6.45) is 0. The van der Waals surface area contributed by atoms with Crippen molar-refractivity contribution in [3.05, 3.63) is 24.3 Å². The molecule has 0 saturated carbocycles. The molecule has 1 aromatic rings. The van der Waals surface area contributed by atoms with Crippen LogP contribution in [0.15, 0.2) is 24.3 Å². The number of carbonyl (C=O) groups excluding carboxylic acids is 1. The zero-order valence-electron chi connectivity index (χ0n) is 9.60. The molecule has 0 saturated heterocycles. The van der Waals surface area contributed by atoms with Gasteiger partial charge in [-0.25, -0.2) is 0 Å². The molecule has 0 aliphatic heterocycles. The summed E-state index contributed by atoms with van der Waals surface area (Å²) in [5.41, 5.74) is 0.714. The third-order valence-corrected chi connectivity index (χ3v) is 2.34. The minimum atomic E-state index is -0.642. The lowest BCUT2D eigenvalue weighted by atomic mass is 10.1. The number of amides is 1. The summed E-state index contributed by atoms with van der Waals surface area (Å²) in [6.45, 7) is 1.58. The molecule has 1 aromatic carbocycles. The molecule has 0 aliphatic rings. The van der Waals surface area contributed by atoms with Crippen molar-refractivity contribution in [2.24, 2.45) is 5.92 Å². The topological polar surface area (TPSA) is 53.3 Å². The summed E-state index contributed by atoms with van der Waals surface area (Å²) >= 11 is 0. The molecular formula is C12H14N2O2. The van der Waals surface area contributed by atoms with Gasteiger partial charge in [-0.15, -0.1) is 0 Å². The maximum absolute atomic E-state index is 11.7. The number of benzene rings is 1. The molecule has 0 N–H and O–H groups in total. The van der Waals surface area contributed by atoms with Crippen LogP contribution in [-0.4, -0.2) is 20.1 Å². The van der Waals surface area contributed by atoms with Crippen molar-refractivity contribution < 1.29 is 9.53 Å². The van der Waals surface area contributed by atoms with E-state index >= 15 is 0 Å². The number of nitrogens with zero attached hydrogens (tertiary/aromatic N) is 2. The fourth-order valence-electron chi connectivity index (χ4n) is 1.29. The van der Waals surface area contributed by atoms with Crippen LogP contribution in [-0.2, 0) is 4.79 Å². The van der Waals surface area contributed by atoms with E-state index in [2.05, 4.69) is 0 Å². The summed E-state index contributed by atoms with van der Waals surface area (Å²) in [5, 5.41) is 8.68. The molecule has 1 amide bonds.